The van der Waals surface area contributed by atoms with Crippen LogP contribution in [0.2, 0.25) is 0 Å². The minimum atomic E-state index is 0.331. The van der Waals surface area contributed by atoms with E-state index in [1.165, 1.54) is 0 Å². The van der Waals surface area contributed by atoms with E-state index in [-0.39, 0.29) is 0 Å². The molecule has 0 saturated heterocycles. The van der Waals surface area contributed by atoms with Gasteiger partial charge in [-0.2, -0.15) is 0 Å². The maximum atomic E-state index is 5.58. The summed E-state index contributed by atoms with van der Waals surface area (Å²) in [4.78, 5) is 3.99. The summed E-state index contributed by atoms with van der Waals surface area (Å²) in [7, 11) is 6.26. The number of para-hydroxylation sites is 1. The smallest absolute Gasteiger partial charge is 0.178 e. The Morgan fingerprint density at radius 1 is 1.27 bits per heavy atom. The quantitative estimate of drug-likeness (QED) is 0.502. The van der Waals surface area contributed by atoms with Crippen molar-refractivity contribution >= 4 is 43.4 Å². The Morgan fingerprint density at radius 3 is 2.45 bits per heavy atom. The van der Waals surface area contributed by atoms with Crippen molar-refractivity contribution in [2.45, 2.75) is 0 Å². The molecule has 0 fully saturated rings. The molecule has 0 heterocycles. The van der Waals surface area contributed by atoms with Crippen molar-refractivity contribution in [3.05, 3.63) is 30.3 Å². The van der Waals surface area contributed by atoms with Crippen LogP contribution >= 0.6 is 33.3 Å². The molecule has 11 heavy (non-hydrogen) atoms. The third-order valence-electron chi connectivity index (χ3n) is 1.04. The highest BCUT2D eigenvalue weighted by Gasteiger charge is 1.91. The van der Waals surface area contributed by atoms with Crippen LogP contribution < -0.4 is 0 Å². The average molecular weight is 206 g/mol. The van der Waals surface area contributed by atoms with Crippen molar-refractivity contribution in [3.8, 4) is 0 Å². The van der Waals surface area contributed by atoms with E-state index in [2.05, 4.69) is 4.99 Å². The molecule has 1 aromatic rings. The van der Waals surface area contributed by atoms with Crippen molar-refractivity contribution in [1.29, 1.82) is 0 Å². The summed E-state index contributed by atoms with van der Waals surface area (Å²) in [5, 5.41) is 0. The highest BCUT2D eigenvalue weighted by atomic mass is 35.7. The number of hydrogen-bond donors (Lipinski definition) is 0. The fourth-order valence-electron chi connectivity index (χ4n) is 0.621. The maximum Gasteiger partial charge on any atom is 0.178 e. The van der Waals surface area contributed by atoms with Gasteiger partial charge in [-0.15, -0.1) is 0 Å². The van der Waals surface area contributed by atoms with Gasteiger partial charge in [-0.1, -0.05) is 29.8 Å². The van der Waals surface area contributed by atoms with Gasteiger partial charge in [-0.25, -0.2) is 4.99 Å². The fourth-order valence-corrected chi connectivity index (χ4v) is 0.962. The van der Waals surface area contributed by atoms with E-state index in [0.717, 1.165) is 16.7 Å². The van der Waals surface area contributed by atoms with E-state index in [1.807, 2.05) is 30.3 Å². The Morgan fingerprint density at radius 2 is 1.91 bits per heavy atom. The largest absolute Gasteiger partial charge is 0.229 e. The summed E-state index contributed by atoms with van der Waals surface area (Å²) < 4.78 is 0.331. The molecule has 0 N–H and O–H groups in total. The number of hydrogen-bond acceptors (Lipinski definition) is 2. The number of aliphatic imine (C=N–C) groups is 1. The summed E-state index contributed by atoms with van der Waals surface area (Å²) in [6, 6.07) is 9.41. The predicted octanol–water partition coefficient (Wildman–Crippen LogP) is 3.80. The van der Waals surface area contributed by atoms with Crippen LogP contribution in [0.5, 0.6) is 0 Å². The van der Waals surface area contributed by atoms with Crippen LogP contribution in [0.15, 0.2) is 35.3 Å². The molecule has 0 saturated carbocycles. The van der Waals surface area contributed by atoms with Gasteiger partial charge in [0, 0.05) is 11.0 Å². The average Bonchev–Trinajstić information content (AvgIpc) is 2.06. The Labute approximate surface area is 78.9 Å². The van der Waals surface area contributed by atoms with Crippen LogP contribution in [0, 0.1) is 0 Å². The molecule has 0 amide bonds. The van der Waals surface area contributed by atoms with Crippen molar-refractivity contribution in [2.75, 3.05) is 0 Å². The number of benzene rings is 1. The first-order valence-corrected chi connectivity index (χ1v) is 4.93. The highest BCUT2D eigenvalue weighted by Crippen LogP contribution is 2.18. The zero-order valence-electron chi connectivity index (χ0n) is 5.50. The standard InChI is InChI=1S/C7H5Cl2NS/c8-7(11-9)10-6-4-2-1-3-5-6/h1-5H. The van der Waals surface area contributed by atoms with Crippen LogP contribution in [0.3, 0.4) is 0 Å². The molecule has 1 nitrogen and oxygen atoms in total. The Kier molecular flexibility index (Phi) is 3.77. The molecule has 1 aromatic carbocycles. The maximum absolute atomic E-state index is 5.58. The molecule has 0 spiro atoms. The van der Waals surface area contributed by atoms with Crippen molar-refractivity contribution < 1.29 is 0 Å². The summed E-state index contributed by atoms with van der Waals surface area (Å²) in [6.07, 6.45) is 0. The molecule has 58 valence electrons. The molecule has 1 rings (SSSR count). The Balaban J connectivity index is 2.79. The molecule has 0 radical (unpaired) electrons. The first-order chi connectivity index (χ1) is 5.33. The molecule has 0 aliphatic heterocycles. The third-order valence-corrected chi connectivity index (χ3v) is 2.25. The lowest BCUT2D eigenvalue weighted by atomic mass is 10.3. The van der Waals surface area contributed by atoms with Gasteiger partial charge < -0.3 is 0 Å². The van der Waals surface area contributed by atoms with E-state index in [1.54, 1.807) is 0 Å². The molecular formula is C7H5Cl2NS. The summed E-state index contributed by atoms with van der Waals surface area (Å²) in [5.41, 5.74) is 0.811. The molecule has 0 atom stereocenters. The number of rotatable bonds is 1. The number of halogens is 2. The lowest BCUT2D eigenvalue weighted by Crippen LogP contribution is -1.71. The third kappa shape index (κ3) is 3.14. The Bertz CT molecular complexity index is 248. The van der Waals surface area contributed by atoms with Gasteiger partial charge in [-0.05, 0) is 22.8 Å². The SMILES string of the molecule is ClSC(Cl)=Nc1ccccc1. The lowest BCUT2D eigenvalue weighted by Gasteiger charge is -1.91. The summed E-state index contributed by atoms with van der Waals surface area (Å²) >= 11 is 5.58. The second kappa shape index (κ2) is 4.65. The minimum Gasteiger partial charge on any atom is -0.229 e. The van der Waals surface area contributed by atoms with E-state index in [4.69, 9.17) is 22.3 Å². The van der Waals surface area contributed by atoms with Crippen LogP contribution in [0.25, 0.3) is 0 Å². The van der Waals surface area contributed by atoms with Gasteiger partial charge in [0.05, 0.1) is 5.69 Å². The van der Waals surface area contributed by atoms with E-state index < -0.39 is 0 Å². The molecule has 4 heteroatoms. The molecule has 0 aliphatic carbocycles. The molecule has 0 bridgehead atoms. The second-order valence-electron chi connectivity index (χ2n) is 1.78. The fraction of sp³-hybridized carbons (Fsp3) is 0. The first-order valence-electron chi connectivity index (χ1n) is 2.91. The van der Waals surface area contributed by atoms with Crippen LogP contribution in [-0.4, -0.2) is 4.50 Å². The van der Waals surface area contributed by atoms with Gasteiger partial charge in [-0.3, -0.25) is 0 Å². The topological polar surface area (TPSA) is 12.4 Å². The molecule has 0 aromatic heterocycles. The zero-order chi connectivity index (χ0) is 8.10. The molecule has 0 aliphatic rings. The van der Waals surface area contributed by atoms with E-state index in [9.17, 15) is 0 Å². The van der Waals surface area contributed by atoms with Crippen LogP contribution in [-0.2, 0) is 0 Å². The normalized spacial score (nSPS) is 11.6. The highest BCUT2D eigenvalue weighted by molar-refractivity contribution is 8.34. The van der Waals surface area contributed by atoms with Crippen molar-refractivity contribution in [1.82, 2.24) is 0 Å². The van der Waals surface area contributed by atoms with Gasteiger partial charge in [0.2, 0.25) is 0 Å². The molecule has 0 unspecified atom stereocenters. The Hall–Kier alpha value is -0.180. The van der Waals surface area contributed by atoms with Crippen LogP contribution in [0.1, 0.15) is 0 Å². The zero-order valence-corrected chi connectivity index (χ0v) is 7.83. The van der Waals surface area contributed by atoms with Gasteiger partial charge in [0.1, 0.15) is 0 Å². The second-order valence-corrected chi connectivity index (χ2v) is 3.36. The van der Waals surface area contributed by atoms with Gasteiger partial charge in [0.25, 0.3) is 0 Å². The van der Waals surface area contributed by atoms with Crippen molar-refractivity contribution in [3.63, 3.8) is 0 Å². The predicted molar refractivity (Wildman–Crippen MR) is 52.8 cm³/mol. The lowest BCUT2D eigenvalue weighted by molar-refractivity contribution is 1.55. The first kappa shape index (κ1) is 8.91. The monoisotopic (exact) mass is 205 g/mol. The van der Waals surface area contributed by atoms with E-state index in [0.29, 0.717) is 4.50 Å². The number of nitrogens with zero attached hydrogens (tertiary/aromatic N) is 1. The summed E-state index contributed by atoms with van der Waals surface area (Å²) in [6.45, 7) is 0. The summed E-state index contributed by atoms with van der Waals surface area (Å²) in [5.74, 6) is 0. The minimum absolute atomic E-state index is 0.331. The van der Waals surface area contributed by atoms with Gasteiger partial charge >= 0.3 is 0 Å². The van der Waals surface area contributed by atoms with Crippen molar-refractivity contribution in [2.24, 2.45) is 4.99 Å². The van der Waals surface area contributed by atoms with Gasteiger partial charge in [0.15, 0.2) is 4.50 Å². The molecular weight excluding hydrogens is 201 g/mol. The van der Waals surface area contributed by atoms with E-state index >= 15 is 0 Å². The van der Waals surface area contributed by atoms with Crippen LogP contribution in [0.4, 0.5) is 5.69 Å².